The molecule has 0 bridgehead atoms. The van der Waals surface area contributed by atoms with E-state index in [0.717, 1.165) is 41.3 Å². The van der Waals surface area contributed by atoms with Crippen LogP contribution < -0.4 is 4.74 Å². The van der Waals surface area contributed by atoms with E-state index in [1.807, 2.05) is 43.3 Å². The summed E-state index contributed by atoms with van der Waals surface area (Å²) >= 11 is 0. The number of fused-ring (bicyclic) bond motifs is 1. The highest BCUT2D eigenvalue weighted by Gasteiger charge is 2.10. The van der Waals surface area contributed by atoms with Crippen LogP contribution in [0.25, 0.3) is 10.8 Å². The first-order valence-electron chi connectivity index (χ1n) is 10.7. The number of benzene rings is 3. The van der Waals surface area contributed by atoms with E-state index in [1.54, 1.807) is 12.3 Å². The number of nitrogens with zero attached hydrogens (tertiary/aromatic N) is 1. The van der Waals surface area contributed by atoms with Gasteiger partial charge in [-0.2, -0.15) is 0 Å². The number of ether oxygens (including phenoxy) is 1. The summed E-state index contributed by atoms with van der Waals surface area (Å²) in [5.74, 6) is -1.25. The molecule has 0 saturated carbocycles. The molecule has 0 unspecified atom stereocenters. The number of pyridine rings is 1. The summed E-state index contributed by atoms with van der Waals surface area (Å²) in [5.41, 5.74) is 3.30. The van der Waals surface area contributed by atoms with Crippen LogP contribution in [0.2, 0.25) is 0 Å². The van der Waals surface area contributed by atoms with Crippen molar-refractivity contribution < 1.29 is 17.9 Å². The predicted molar refractivity (Wildman–Crippen MR) is 120 cm³/mol. The fraction of sp³-hybridized carbons (Fsp3) is 0.222. The first kappa shape index (κ1) is 21.9. The smallest absolute Gasteiger partial charge is 0.159 e. The summed E-state index contributed by atoms with van der Waals surface area (Å²) in [6.07, 6.45) is 4.17. The quantitative estimate of drug-likeness (QED) is 0.310. The van der Waals surface area contributed by atoms with Crippen molar-refractivity contribution in [2.45, 2.75) is 32.6 Å². The van der Waals surface area contributed by atoms with Gasteiger partial charge in [0.1, 0.15) is 11.6 Å². The summed E-state index contributed by atoms with van der Waals surface area (Å²) in [6.45, 7) is 2.55. The summed E-state index contributed by atoms with van der Waals surface area (Å²) in [5, 5.41) is 1.41. The molecular weight excluding hydrogens is 411 g/mol. The van der Waals surface area contributed by atoms with E-state index in [2.05, 4.69) is 4.98 Å². The lowest BCUT2D eigenvalue weighted by atomic mass is 9.98. The van der Waals surface area contributed by atoms with Gasteiger partial charge in [0.2, 0.25) is 0 Å². The van der Waals surface area contributed by atoms with Gasteiger partial charge in [0.25, 0.3) is 0 Å². The van der Waals surface area contributed by atoms with Gasteiger partial charge in [-0.05, 0) is 78.9 Å². The number of hydrogen-bond donors (Lipinski definition) is 0. The molecule has 164 valence electrons. The van der Waals surface area contributed by atoms with Crippen LogP contribution in [0.3, 0.4) is 0 Å². The summed E-state index contributed by atoms with van der Waals surface area (Å²) < 4.78 is 46.9. The Morgan fingerprint density at radius 3 is 2.28 bits per heavy atom. The maximum atomic E-state index is 15.0. The van der Waals surface area contributed by atoms with Crippen molar-refractivity contribution in [3.05, 3.63) is 107 Å². The summed E-state index contributed by atoms with van der Waals surface area (Å²) in [7, 11) is 0. The van der Waals surface area contributed by atoms with Gasteiger partial charge in [-0.15, -0.1) is 0 Å². The van der Waals surface area contributed by atoms with Gasteiger partial charge in [0.15, 0.2) is 11.6 Å². The molecule has 0 aliphatic rings. The third-order valence-corrected chi connectivity index (χ3v) is 5.54. The van der Waals surface area contributed by atoms with Crippen molar-refractivity contribution in [1.82, 2.24) is 4.98 Å². The Hall–Kier alpha value is -3.34. The van der Waals surface area contributed by atoms with Crippen LogP contribution in [-0.4, -0.2) is 11.6 Å². The van der Waals surface area contributed by atoms with Gasteiger partial charge in [0, 0.05) is 11.1 Å². The molecule has 0 fully saturated rings. The van der Waals surface area contributed by atoms with Gasteiger partial charge in [-0.3, -0.25) is 4.98 Å². The zero-order chi connectivity index (χ0) is 22.5. The van der Waals surface area contributed by atoms with E-state index < -0.39 is 11.6 Å². The van der Waals surface area contributed by atoms with Crippen molar-refractivity contribution in [3.63, 3.8) is 0 Å². The highest BCUT2D eigenvalue weighted by Crippen LogP contribution is 2.24. The Kier molecular flexibility index (Phi) is 6.74. The molecule has 1 aromatic heterocycles. The number of halogens is 3. The second-order valence-electron chi connectivity index (χ2n) is 7.76. The third kappa shape index (κ3) is 5.10. The Labute approximate surface area is 185 Å². The second kappa shape index (κ2) is 9.86. The Morgan fingerprint density at radius 1 is 0.750 bits per heavy atom. The van der Waals surface area contributed by atoms with Crippen LogP contribution >= 0.6 is 0 Å². The molecule has 5 heteroatoms. The number of rotatable bonds is 8. The lowest BCUT2D eigenvalue weighted by Crippen LogP contribution is -1.98. The molecule has 3 aromatic carbocycles. The van der Waals surface area contributed by atoms with Gasteiger partial charge in [-0.1, -0.05) is 36.4 Å². The zero-order valence-electron chi connectivity index (χ0n) is 17.9. The zero-order valence-corrected chi connectivity index (χ0v) is 17.9. The number of hydrogen-bond acceptors (Lipinski definition) is 2. The highest BCUT2D eigenvalue weighted by molar-refractivity contribution is 5.84. The predicted octanol–water partition coefficient (Wildman–Crippen LogP) is 6.62. The summed E-state index contributed by atoms with van der Waals surface area (Å²) in [6, 6.07) is 17.1. The molecule has 1 heterocycles. The standard InChI is InChI=1S/C27H24F3NO/c1-2-32-23-12-11-22(31-17-23)10-4-18-5-13-24-21(15-18)9-8-20(27(24)30)7-3-19-6-14-25(28)26(29)16-19/h5-6,8-9,11-17H,2-4,7,10H2,1H3. The minimum absolute atomic E-state index is 0.259. The molecule has 4 aromatic rings. The number of aromatic nitrogens is 1. The molecule has 0 amide bonds. The van der Waals surface area contributed by atoms with E-state index in [9.17, 15) is 8.78 Å². The Morgan fingerprint density at radius 2 is 1.53 bits per heavy atom. The molecule has 4 rings (SSSR count). The van der Waals surface area contributed by atoms with Crippen LogP contribution in [-0.2, 0) is 25.7 Å². The van der Waals surface area contributed by atoms with Crippen LogP contribution in [0.15, 0.2) is 66.9 Å². The molecule has 0 radical (unpaired) electrons. The maximum absolute atomic E-state index is 15.0. The van der Waals surface area contributed by atoms with Crippen molar-refractivity contribution >= 4 is 10.8 Å². The molecule has 32 heavy (non-hydrogen) atoms. The van der Waals surface area contributed by atoms with Gasteiger partial charge < -0.3 is 4.74 Å². The molecule has 0 aliphatic heterocycles. The fourth-order valence-electron chi connectivity index (χ4n) is 3.79. The molecule has 2 nitrogen and oxygen atoms in total. The van der Waals surface area contributed by atoms with E-state index in [0.29, 0.717) is 36.0 Å². The van der Waals surface area contributed by atoms with Crippen LogP contribution in [0.1, 0.15) is 29.3 Å². The molecular formula is C27H24F3NO. The van der Waals surface area contributed by atoms with E-state index in [4.69, 9.17) is 4.74 Å². The largest absolute Gasteiger partial charge is 0.492 e. The summed E-state index contributed by atoms with van der Waals surface area (Å²) in [4.78, 5) is 4.43. The van der Waals surface area contributed by atoms with Crippen molar-refractivity contribution in [2.24, 2.45) is 0 Å². The van der Waals surface area contributed by atoms with E-state index in [-0.39, 0.29) is 5.82 Å². The van der Waals surface area contributed by atoms with Gasteiger partial charge in [0.05, 0.1) is 12.8 Å². The van der Waals surface area contributed by atoms with Crippen LogP contribution in [0.5, 0.6) is 5.75 Å². The Bertz CT molecular complexity index is 1220. The molecule has 0 spiro atoms. The van der Waals surface area contributed by atoms with Gasteiger partial charge in [-0.25, -0.2) is 13.2 Å². The fourth-order valence-corrected chi connectivity index (χ4v) is 3.79. The average molecular weight is 435 g/mol. The minimum Gasteiger partial charge on any atom is -0.492 e. The van der Waals surface area contributed by atoms with E-state index >= 15 is 4.39 Å². The minimum atomic E-state index is -0.880. The monoisotopic (exact) mass is 435 g/mol. The normalized spacial score (nSPS) is 11.1. The lowest BCUT2D eigenvalue weighted by molar-refractivity contribution is 0.338. The lowest BCUT2D eigenvalue weighted by Gasteiger charge is -2.09. The third-order valence-electron chi connectivity index (χ3n) is 5.54. The maximum Gasteiger partial charge on any atom is 0.159 e. The number of aryl methyl sites for hydroxylation is 4. The first-order chi connectivity index (χ1) is 15.5. The topological polar surface area (TPSA) is 22.1 Å². The molecule has 0 aliphatic carbocycles. The van der Waals surface area contributed by atoms with Crippen molar-refractivity contribution in [1.29, 1.82) is 0 Å². The molecule has 0 N–H and O–H groups in total. The van der Waals surface area contributed by atoms with E-state index in [1.165, 1.54) is 12.1 Å². The van der Waals surface area contributed by atoms with Crippen molar-refractivity contribution in [2.75, 3.05) is 6.61 Å². The molecule has 0 saturated heterocycles. The second-order valence-corrected chi connectivity index (χ2v) is 7.76. The SMILES string of the molecule is CCOc1ccc(CCc2ccc3c(F)c(CCc4ccc(F)c(F)c4)ccc3c2)nc1. The van der Waals surface area contributed by atoms with Crippen LogP contribution in [0.4, 0.5) is 13.2 Å². The van der Waals surface area contributed by atoms with Gasteiger partial charge >= 0.3 is 0 Å². The average Bonchev–Trinajstić information content (AvgIpc) is 2.80. The Balaban J connectivity index is 1.43. The van der Waals surface area contributed by atoms with Crippen LogP contribution in [0, 0.1) is 17.5 Å². The molecule has 0 atom stereocenters. The van der Waals surface area contributed by atoms with Crippen molar-refractivity contribution in [3.8, 4) is 5.75 Å². The first-order valence-corrected chi connectivity index (χ1v) is 10.7. The highest BCUT2D eigenvalue weighted by atomic mass is 19.2.